The summed E-state index contributed by atoms with van der Waals surface area (Å²) in [7, 11) is 0. The summed E-state index contributed by atoms with van der Waals surface area (Å²) < 4.78 is 0. The molecule has 0 aromatic carbocycles. The van der Waals surface area contributed by atoms with Crippen LogP contribution in [0.15, 0.2) is 6.07 Å². The number of aryl methyl sites for hydroxylation is 2. The van der Waals surface area contributed by atoms with Crippen LogP contribution in [0.5, 0.6) is 0 Å². The van der Waals surface area contributed by atoms with Crippen LogP contribution in [0, 0.1) is 19.8 Å². The summed E-state index contributed by atoms with van der Waals surface area (Å²) in [5.74, 6) is 0.734. The van der Waals surface area contributed by atoms with E-state index in [1.165, 1.54) is 12.8 Å². The Labute approximate surface area is 84.2 Å². The van der Waals surface area contributed by atoms with Crippen LogP contribution in [0.3, 0.4) is 0 Å². The molecule has 0 amide bonds. The Bertz CT molecular complexity index is 334. The lowest BCUT2D eigenvalue weighted by Crippen LogP contribution is -2.04. The minimum atomic E-state index is -0.350. The van der Waals surface area contributed by atoms with E-state index in [4.69, 9.17) is 0 Å². The van der Waals surface area contributed by atoms with E-state index in [0.717, 1.165) is 29.3 Å². The molecule has 1 heterocycles. The molecule has 1 aliphatic rings. The molecule has 0 radical (unpaired) electrons. The summed E-state index contributed by atoms with van der Waals surface area (Å²) in [6.07, 6.45) is 3.07. The number of aliphatic hydroxyl groups is 1. The Morgan fingerprint density at radius 1 is 1.43 bits per heavy atom. The Morgan fingerprint density at radius 2 is 2.14 bits per heavy atom. The normalized spacial score (nSPS) is 18.2. The summed E-state index contributed by atoms with van der Waals surface area (Å²) in [5, 5.41) is 17.9. The average molecular weight is 192 g/mol. The lowest BCUT2D eigenvalue weighted by Gasteiger charge is -2.12. The van der Waals surface area contributed by atoms with Crippen molar-refractivity contribution in [1.29, 1.82) is 0 Å². The van der Waals surface area contributed by atoms with Crippen molar-refractivity contribution in [1.82, 2.24) is 10.2 Å². The van der Waals surface area contributed by atoms with Crippen molar-refractivity contribution in [3.63, 3.8) is 0 Å². The topological polar surface area (TPSA) is 46.0 Å². The van der Waals surface area contributed by atoms with Crippen molar-refractivity contribution in [3.05, 3.63) is 23.0 Å². The Morgan fingerprint density at radius 3 is 2.79 bits per heavy atom. The first kappa shape index (κ1) is 9.59. The van der Waals surface area contributed by atoms with Gasteiger partial charge in [-0.2, -0.15) is 10.2 Å². The third kappa shape index (κ3) is 2.10. The van der Waals surface area contributed by atoms with Crippen molar-refractivity contribution in [2.75, 3.05) is 0 Å². The third-order valence-electron chi connectivity index (χ3n) is 2.75. The second-order valence-corrected chi connectivity index (χ2v) is 4.22. The van der Waals surface area contributed by atoms with Crippen molar-refractivity contribution < 1.29 is 5.11 Å². The molecule has 0 bridgehead atoms. The van der Waals surface area contributed by atoms with E-state index in [1.54, 1.807) is 0 Å². The highest BCUT2D eigenvalue weighted by atomic mass is 16.3. The minimum Gasteiger partial charge on any atom is -0.388 e. The lowest BCUT2D eigenvalue weighted by molar-refractivity contribution is 0.159. The van der Waals surface area contributed by atoms with Crippen LogP contribution in [-0.4, -0.2) is 15.3 Å². The Hall–Kier alpha value is -0.960. The molecular weight excluding hydrogens is 176 g/mol. The SMILES string of the molecule is Cc1cc(C(O)CC2CC2)c(C)nn1. The minimum absolute atomic E-state index is 0.350. The van der Waals surface area contributed by atoms with Gasteiger partial charge < -0.3 is 5.11 Å². The number of rotatable bonds is 3. The highest BCUT2D eigenvalue weighted by molar-refractivity contribution is 5.22. The maximum absolute atomic E-state index is 9.97. The van der Waals surface area contributed by atoms with Crippen molar-refractivity contribution >= 4 is 0 Å². The quantitative estimate of drug-likeness (QED) is 0.796. The predicted octanol–water partition coefficient (Wildman–Crippen LogP) is 1.93. The number of hydrogen-bond donors (Lipinski definition) is 1. The number of aromatic nitrogens is 2. The molecular formula is C11H16N2O. The summed E-state index contributed by atoms with van der Waals surface area (Å²) in [6.45, 7) is 3.80. The van der Waals surface area contributed by atoms with Crippen LogP contribution in [0.1, 0.15) is 42.3 Å². The van der Waals surface area contributed by atoms with Gasteiger partial charge in [0.15, 0.2) is 0 Å². The summed E-state index contributed by atoms with van der Waals surface area (Å²) in [5.41, 5.74) is 2.67. The van der Waals surface area contributed by atoms with E-state index in [2.05, 4.69) is 10.2 Å². The monoisotopic (exact) mass is 192 g/mol. The Balaban J connectivity index is 2.15. The second kappa shape index (κ2) is 3.65. The second-order valence-electron chi connectivity index (χ2n) is 4.22. The van der Waals surface area contributed by atoms with E-state index < -0.39 is 0 Å². The molecule has 76 valence electrons. The molecule has 3 heteroatoms. The molecule has 1 atom stereocenters. The van der Waals surface area contributed by atoms with Gasteiger partial charge in [-0.15, -0.1) is 0 Å². The lowest BCUT2D eigenvalue weighted by atomic mass is 10.0. The fraction of sp³-hybridized carbons (Fsp3) is 0.636. The zero-order chi connectivity index (χ0) is 10.1. The molecule has 2 rings (SSSR count). The maximum atomic E-state index is 9.97. The standard InChI is InChI=1S/C11H16N2O/c1-7-5-10(8(2)13-12-7)11(14)6-9-3-4-9/h5,9,11,14H,3-4,6H2,1-2H3. The van der Waals surface area contributed by atoms with Crippen LogP contribution >= 0.6 is 0 Å². The van der Waals surface area contributed by atoms with Crippen molar-refractivity contribution in [2.45, 2.75) is 39.2 Å². The van der Waals surface area contributed by atoms with Gasteiger partial charge >= 0.3 is 0 Å². The van der Waals surface area contributed by atoms with Gasteiger partial charge in [-0.3, -0.25) is 0 Å². The summed E-state index contributed by atoms with van der Waals surface area (Å²) >= 11 is 0. The van der Waals surface area contributed by atoms with Gasteiger partial charge in [-0.25, -0.2) is 0 Å². The zero-order valence-electron chi connectivity index (χ0n) is 8.70. The van der Waals surface area contributed by atoms with Gasteiger partial charge in [0, 0.05) is 5.56 Å². The van der Waals surface area contributed by atoms with Gasteiger partial charge in [0.05, 0.1) is 17.5 Å². The van der Waals surface area contributed by atoms with Gasteiger partial charge in [-0.1, -0.05) is 12.8 Å². The molecule has 1 aromatic heterocycles. The van der Waals surface area contributed by atoms with Gasteiger partial charge in [-0.05, 0) is 32.3 Å². The van der Waals surface area contributed by atoms with E-state index in [9.17, 15) is 5.11 Å². The van der Waals surface area contributed by atoms with Gasteiger partial charge in [0.2, 0.25) is 0 Å². The van der Waals surface area contributed by atoms with Crippen molar-refractivity contribution in [3.8, 4) is 0 Å². The fourth-order valence-electron chi connectivity index (χ4n) is 1.70. The van der Waals surface area contributed by atoms with Crippen LogP contribution in [0.4, 0.5) is 0 Å². The molecule has 14 heavy (non-hydrogen) atoms. The third-order valence-corrected chi connectivity index (χ3v) is 2.75. The summed E-state index contributed by atoms with van der Waals surface area (Å²) in [4.78, 5) is 0. The highest BCUT2D eigenvalue weighted by Gasteiger charge is 2.26. The molecule has 1 unspecified atom stereocenters. The molecule has 1 aliphatic carbocycles. The Kier molecular flexibility index (Phi) is 2.50. The molecule has 1 saturated carbocycles. The molecule has 0 spiro atoms. The number of aliphatic hydroxyl groups excluding tert-OH is 1. The van der Waals surface area contributed by atoms with E-state index in [0.29, 0.717) is 0 Å². The molecule has 1 aromatic rings. The fourth-order valence-corrected chi connectivity index (χ4v) is 1.70. The largest absolute Gasteiger partial charge is 0.388 e. The first-order valence-electron chi connectivity index (χ1n) is 5.15. The molecule has 3 nitrogen and oxygen atoms in total. The summed E-state index contributed by atoms with van der Waals surface area (Å²) in [6, 6.07) is 1.94. The van der Waals surface area contributed by atoms with Crippen LogP contribution in [-0.2, 0) is 0 Å². The van der Waals surface area contributed by atoms with Crippen LogP contribution < -0.4 is 0 Å². The van der Waals surface area contributed by atoms with Gasteiger partial charge in [0.25, 0.3) is 0 Å². The van der Waals surface area contributed by atoms with Crippen LogP contribution in [0.2, 0.25) is 0 Å². The number of nitrogens with zero attached hydrogens (tertiary/aromatic N) is 2. The van der Waals surface area contributed by atoms with Crippen LogP contribution in [0.25, 0.3) is 0 Å². The zero-order valence-corrected chi connectivity index (χ0v) is 8.70. The first-order chi connectivity index (χ1) is 6.66. The molecule has 0 aliphatic heterocycles. The first-order valence-corrected chi connectivity index (χ1v) is 5.15. The smallest absolute Gasteiger partial charge is 0.0811 e. The highest BCUT2D eigenvalue weighted by Crippen LogP contribution is 2.37. The average Bonchev–Trinajstić information content (AvgIpc) is 2.93. The van der Waals surface area contributed by atoms with E-state index in [-0.39, 0.29) is 6.10 Å². The van der Waals surface area contributed by atoms with E-state index >= 15 is 0 Å². The number of hydrogen-bond acceptors (Lipinski definition) is 3. The van der Waals surface area contributed by atoms with Crippen molar-refractivity contribution in [2.24, 2.45) is 5.92 Å². The molecule has 0 saturated heterocycles. The maximum Gasteiger partial charge on any atom is 0.0811 e. The predicted molar refractivity (Wildman–Crippen MR) is 53.8 cm³/mol. The van der Waals surface area contributed by atoms with E-state index in [1.807, 2.05) is 19.9 Å². The molecule has 1 N–H and O–H groups in total. The van der Waals surface area contributed by atoms with Gasteiger partial charge in [0.1, 0.15) is 0 Å². The molecule has 1 fully saturated rings.